The van der Waals surface area contributed by atoms with Crippen molar-refractivity contribution in [2.24, 2.45) is 11.7 Å². The van der Waals surface area contributed by atoms with Gasteiger partial charge in [0.25, 0.3) is 0 Å². The molecule has 0 aliphatic heterocycles. The summed E-state index contributed by atoms with van der Waals surface area (Å²) in [7, 11) is 0. The highest BCUT2D eigenvalue weighted by molar-refractivity contribution is 5.80. The van der Waals surface area contributed by atoms with Crippen molar-refractivity contribution in [2.75, 3.05) is 18.0 Å². The van der Waals surface area contributed by atoms with E-state index in [4.69, 9.17) is 5.73 Å². The number of carbonyl (C=O) groups excluding carboxylic acids is 1. The maximum absolute atomic E-state index is 11.2. The van der Waals surface area contributed by atoms with Crippen molar-refractivity contribution < 1.29 is 9.90 Å². The first-order valence-electron chi connectivity index (χ1n) is 6.75. The number of aliphatic hydroxyl groups is 1. The van der Waals surface area contributed by atoms with Gasteiger partial charge in [0.2, 0.25) is 5.91 Å². The molecule has 1 atom stereocenters. The van der Waals surface area contributed by atoms with Gasteiger partial charge in [-0.15, -0.1) is 0 Å². The first-order valence-corrected chi connectivity index (χ1v) is 6.75. The molecule has 4 heteroatoms. The lowest BCUT2D eigenvalue weighted by atomic mass is 10.0. The molecule has 4 nitrogen and oxygen atoms in total. The SMILES string of the molecule is CCC(O)c1ccccc1N(CC(N)=O)CC(C)C. The van der Waals surface area contributed by atoms with Crippen molar-refractivity contribution in [1.29, 1.82) is 0 Å². The zero-order chi connectivity index (χ0) is 14.4. The second kappa shape index (κ2) is 7.14. The van der Waals surface area contributed by atoms with Crippen LogP contribution in [0.4, 0.5) is 5.69 Å². The lowest BCUT2D eigenvalue weighted by Crippen LogP contribution is -2.37. The van der Waals surface area contributed by atoms with Crippen LogP contribution >= 0.6 is 0 Å². The fourth-order valence-electron chi connectivity index (χ4n) is 2.15. The second-order valence-electron chi connectivity index (χ2n) is 5.22. The van der Waals surface area contributed by atoms with Crippen LogP contribution in [0.25, 0.3) is 0 Å². The molecule has 0 aliphatic rings. The monoisotopic (exact) mass is 264 g/mol. The number of carbonyl (C=O) groups is 1. The zero-order valence-electron chi connectivity index (χ0n) is 12.0. The number of amides is 1. The van der Waals surface area contributed by atoms with Crippen LogP contribution in [-0.4, -0.2) is 24.1 Å². The molecule has 106 valence electrons. The number of nitrogens with two attached hydrogens (primary N) is 1. The van der Waals surface area contributed by atoms with Crippen molar-refractivity contribution in [3.05, 3.63) is 29.8 Å². The van der Waals surface area contributed by atoms with Gasteiger partial charge in [0.15, 0.2) is 0 Å². The van der Waals surface area contributed by atoms with Gasteiger partial charge in [0.05, 0.1) is 12.6 Å². The van der Waals surface area contributed by atoms with E-state index in [-0.39, 0.29) is 12.5 Å². The molecule has 0 bridgehead atoms. The molecule has 3 N–H and O–H groups in total. The Kier molecular flexibility index (Phi) is 5.83. The highest BCUT2D eigenvalue weighted by Gasteiger charge is 2.17. The molecule has 19 heavy (non-hydrogen) atoms. The Balaban J connectivity index is 3.09. The van der Waals surface area contributed by atoms with E-state index in [1.54, 1.807) is 0 Å². The van der Waals surface area contributed by atoms with Gasteiger partial charge in [0, 0.05) is 17.8 Å². The van der Waals surface area contributed by atoms with Crippen molar-refractivity contribution in [3.63, 3.8) is 0 Å². The Morgan fingerprint density at radius 1 is 1.37 bits per heavy atom. The topological polar surface area (TPSA) is 66.6 Å². The smallest absolute Gasteiger partial charge is 0.236 e. The van der Waals surface area contributed by atoms with Gasteiger partial charge in [-0.05, 0) is 18.4 Å². The van der Waals surface area contributed by atoms with Gasteiger partial charge in [-0.1, -0.05) is 39.0 Å². The number of rotatable bonds is 7. The average molecular weight is 264 g/mol. The summed E-state index contributed by atoms with van der Waals surface area (Å²) in [5.74, 6) is 0.0487. The van der Waals surface area contributed by atoms with E-state index in [0.29, 0.717) is 12.3 Å². The first-order chi connectivity index (χ1) is 8.95. The van der Waals surface area contributed by atoms with Crippen molar-refractivity contribution in [3.8, 4) is 0 Å². The van der Waals surface area contributed by atoms with Gasteiger partial charge in [-0.3, -0.25) is 4.79 Å². The van der Waals surface area contributed by atoms with Gasteiger partial charge >= 0.3 is 0 Å². The van der Waals surface area contributed by atoms with Crippen LogP contribution in [0.1, 0.15) is 38.9 Å². The Morgan fingerprint density at radius 3 is 2.53 bits per heavy atom. The Bertz CT molecular complexity index is 418. The summed E-state index contributed by atoms with van der Waals surface area (Å²) < 4.78 is 0. The molecular formula is C15H24N2O2. The molecule has 1 rings (SSSR count). The van der Waals surface area contributed by atoms with E-state index in [9.17, 15) is 9.90 Å². The molecule has 1 aromatic rings. The fraction of sp³-hybridized carbons (Fsp3) is 0.533. The molecule has 1 aromatic carbocycles. The summed E-state index contributed by atoms with van der Waals surface area (Å²) in [5, 5.41) is 10.1. The molecule has 0 saturated carbocycles. The van der Waals surface area contributed by atoms with Crippen molar-refractivity contribution in [1.82, 2.24) is 0 Å². The number of benzene rings is 1. The second-order valence-corrected chi connectivity index (χ2v) is 5.22. The summed E-state index contributed by atoms with van der Waals surface area (Å²) in [6.45, 7) is 7.02. The number of aliphatic hydroxyl groups excluding tert-OH is 1. The van der Waals surface area contributed by atoms with Crippen LogP contribution in [0.2, 0.25) is 0 Å². The fourth-order valence-corrected chi connectivity index (χ4v) is 2.15. The molecule has 1 amide bonds. The van der Waals surface area contributed by atoms with Crippen LogP contribution in [0.5, 0.6) is 0 Å². The molecule has 0 aromatic heterocycles. The maximum atomic E-state index is 11.2. The van der Waals surface area contributed by atoms with Gasteiger partial charge in [-0.2, -0.15) is 0 Å². The van der Waals surface area contributed by atoms with Crippen LogP contribution in [-0.2, 0) is 4.79 Å². The molecule has 0 radical (unpaired) electrons. The van der Waals surface area contributed by atoms with E-state index in [0.717, 1.165) is 17.8 Å². The van der Waals surface area contributed by atoms with E-state index in [1.165, 1.54) is 0 Å². The predicted octanol–water partition coefficient (Wildman–Crippen LogP) is 2.08. The molecular weight excluding hydrogens is 240 g/mol. The maximum Gasteiger partial charge on any atom is 0.236 e. The summed E-state index contributed by atoms with van der Waals surface area (Å²) in [4.78, 5) is 13.2. The van der Waals surface area contributed by atoms with Crippen molar-refractivity contribution in [2.45, 2.75) is 33.3 Å². The van der Waals surface area contributed by atoms with Crippen LogP contribution in [0.15, 0.2) is 24.3 Å². The highest BCUT2D eigenvalue weighted by atomic mass is 16.3. The number of anilines is 1. The summed E-state index contributed by atoms with van der Waals surface area (Å²) in [6.07, 6.45) is 0.127. The third-order valence-electron chi connectivity index (χ3n) is 2.96. The molecule has 1 unspecified atom stereocenters. The van der Waals surface area contributed by atoms with Gasteiger partial charge in [0.1, 0.15) is 0 Å². The number of hydrogen-bond acceptors (Lipinski definition) is 3. The molecule has 0 heterocycles. The largest absolute Gasteiger partial charge is 0.388 e. The molecule has 0 spiro atoms. The third kappa shape index (κ3) is 4.56. The Hall–Kier alpha value is -1.55. The lowest BCUT2D eigenvalue weighted by molar-refractivity contribution is -0.116. The van der Waals surface area contributed by atoms with E-state index in [1.807, 2.05) is 36.1 Å². The average Bonchev–Trinajstić information content (AvgIpc) is 2.36. The van der Waals surface area contributed by atoms with E-state index in [2.05, 4.69) is 13.8 Å². The lowest BCUT2D eigenvalue weighted by Gasteiger charge is -2.28. The van der Waals surface area contributed by atoms with Gasteiger partial charge < -0.3 is 15.7 Å². The molecule has 0 saturated heterocycles. The number of para-hydroxylation sites is 1. The predicted molar refractivity (Wildman–Crippen MR) is 77.9 cm³/mol. The quantitative estimate of drug-likeness (QED) is 0.792. The summed E-state index contributed by atoms with van der Waals surface area (Å²) >= 11 is 0. The van der Waals surface area contributed by atoms with Crippen molar-refractivity contribution >= 4 is 11.6 Å². The van der Waals surface area contributed by atoms with Gasteiger partial charge in [-0.25, -0.2) is 0 Å². The number of hydrogen-bond donors (Lipinski definition) is 2. The molecule has 0 aliphatic carbocycles. The van der Waals surface area contributed by atoms with Crippen LogP contribution in [0, 0.1) is 5.92 Å². The first kappa shape index (κ1) is 15.5. The van der Waals surface area contributed by atoms with Crippen LogP contribution < -0.4 is 10.6 Å². The standard InChI is InChI=1S/C15H24N2O2/c1-4-14(18)12-7-5-6-8-13(12)17(9-11(2)3)10-15(16)19/h5-8,11,14,18H,4,9-10H2,1-3H3,(H2,16,19). The number of nitrogens with zero attached hydrogens (tertiary/aromatic N) is 1. The Morgan fingerprint density at radius 2 is 2.00 bits per heavy atom. The number of primary amides is 1. The van der Waals surface area contributed by atoms with Crippen LogP contribution in [0.3, 0.4) is 0 Å². The highest BCUT2D eigenvalue weighted by Crippen LogP contribution is 2.28. The van der Waals surface area contributed by atoms with E-state index >= 15 is 0 Å². The normalized spacial score (nSPS) is 12.5. The summed E-state index contributed by atoms with van der Waals surface area (Å²) in [6, 6.07) is 7.64. The Labute approximate surface area is 115 Å². The van der Waals surface area contributed by atoms with E-state index < -0.39 is 6.10 Å². The molecule has 0 fully saturated rings. The zero-order valence-corrected chi connectivity index (χ0v) is 12.0. The summed E-state index contributed by atoms with van der Waals surface area (Å²) in [5.41, 5.74) is 7.07. The minimum atomic E-state index is -0.515. The third-order valence-corrected chi connectivity index (χ3v) is 2.96. The minimum Gasteiger partial charge on any atom is -0.388 e. The minimum absolute atomic E-state index is 0.172.